The Labute approximate surface area is 97.8 Å². The number of quaternary nitrogens is 1. The number of rotatable bonds is 8. The second-order valence-electron chi connectivity index (χ2n) is 3.66. The van der Waals surface area contributed by atoms with Gasteiger partial charge in [-0.15, -0.1) is 0 Å². The van der Waals surface area contributed by atoms with Crippen LogP contribution >= 0.6 is 0 Å². The molecule has 0 unspecified atom stereocenters. The predicted octanol–water partition coefficient (Wildman–Crippen LogP) is 1.44. The highest BCUT2D eigenvalue weighted by atomic mass is 16.5. The van der Waals surface area contributed by atoms with Gasteiger partial charge in [-0.05, 0) is 25.5 Å². The SMILES string of the molecule is CCCOc1cccc(OCC[NH2+]CC)c1. The van der Waals surface area contributed by atoms with Crippen molar-refractivity contribution >= 4 is 0 Å². The van der Waals surface area contributed by atoms with Crippen molar-refractivity contribution in [2.24, 2.45) is 0 Å². The monoisotopic (exact) mass is 224 g/mol. The lowest BCUT2D eigenvalue weighted by Crippen LogP contribution is -2.84. The lowest BCUT2D eigenvalue weighted by molar-refractivity contribution is -0.652. The lowest BCUT2D eigenvalue weighted by Gasteiger charge is -2.08. The van der Waals surface area contributed by atoms with E-state index in [1.54, 1.807) is 0 Å². The zero-order chi connectivity index (χ0) is 11.6. The van der Waals surface area contributed by atoms with Gasteiger partial charge in [0.25, 0.3) is 0 Å². The van der Waals surface area contributed by atoms with E-state index in [4.69, 9.17) is 9.47 Å². The van der Waals surface area contributed by atoms with Crippen molar-refractivity contribution in [3.63, 3.8) is 0 Å². The summed E-state index contributed by atoms with van der Waals surface area (Å²) in [4.78, 5) is 0. The molecule has 2 N–H and O–H groups in total. The second kappa shape index (κ2) is 7.99. The van der Waals surface area contributed by atoms with Crippen molar-refractivity contribution in [3.8, 4) is 11.5 Å². The summed E-state index contributed by atoms with van der Waals surface area (Å²) in [5.41, 5.74) is 0. The molecule has 0 aromatic heterocycles. The van der Waals surface area contributed by atoms with Crippen LogP contribution in [0.5, 0.6) is 11.5 Å². The van der Waals surface area contributed by atoms with Crippen LogP contribution in [0.4, 0.5) is 0 Å². The Bertz CT molecular complexity index is 289. The molecule has 0 atom stereocenters. The molecular formula is C13H22NO2+. The predicted molar refractivity (Wildman–Crippen MR) is 65.1 cm³/mol. The summed E-state index contributed by atoms with van der Waals surface area (Å²) >= 11 is 0. The van der Waals surface area contributed by atoms with E-state index in [0.29, 0.717) is 0 Å². The number of likely N-dealkylation sites (N-methyl/N-ethyl adjacent to an activating group) is 1. The molecule has 3 nitrogen and oxygen atoms in total. The molecule has 1 aromatic carbocycles. The Balaban J connectivity index is 2.35. The first-order chi connectivity index (χ1) is 7.86. The maximum absolute atomic E-state index is 5.62. The van der Waals surface area contributed by atoms with Gasteiger partial charge in [0, 0.05) is 6.07 Å². The van der Waals surface area contributed by atoms with Crippen molar-refractivity contribution in [3.05, 3.63) is 24.3 Å². The third-order valence-corrected chi connectivity index (χ3v) is 2.16. The van der Waals surface area contributed by atoms with Crippen LogP contribution < -0.4 is 14.8 Å². The summed E-state index contributed by atoms with van der Waals surface area (Å²) in [5, 5.41) is 2.22. The fraction of sp³-hybridized carbons (Fsp3) is 0.538. The quantitative estimate of drug-likeness (QED) is 0.678. The van der Waals surface area contributed by atoms with Gasteiger partial charge in [0.1, 0.15) is 24.7 Å². The number of hydrogen-bond acceptors (Lipinski definition) is 2. The third-order valence-electron chi connectivity index (χ3n) is 2.16. The standard InChI is InChI=1S/C13H21NO2/c1-3-9-15-12-6-5-7-13(11-12)16-10-8-14-4-2/h5-7,11,14H,3-4,8-10H2,1-2H3/p+1. The summed E-state index contributed by atoms with van der Waals surface area (Å²) in [7, 11) is 0. The van der Waals surface area contributed by atoms with E-state index in [2.05, 4.69) is 19.2 Å². The van der Waals surface area contributed by atoms with E-state index in [9.17, 15) is 0 Å². The van der Waals surface area contributed by atoms with Gasteiger partial charge in [-0.3, -0.25) is 0 Å². The smallest absolute Gasteiger partial charge is 0.137 e. The Morgan fingerprint density at radius 3 is 2.38 bits per heavy atom. The van der Waals surface area contributed by atoms with E-state index < -0.39 is 0 Å². The molecule has 0 spiro atoms. The minimum atomic E-state index is 0.741. The van der Waals surface area contributed by atoms with Crippen molar-refractivity contribution in [2.75, 3.05) is 26.3 Å². The zero-order valence-corrected chi connectivity index (χ0v) is 10.2. The highest BCUT2D eigenvalue weighted by molar-refractivity contribution is 5.32. The van der Waals surface area contributed by atoms with Crippen LogP contribution in [0.2, 0.25) is 0 Å². The van der Waals surface area contributed by atoms with Crippen LogP contribution in [0.15, 0.2) is 24.3 Å². The first-order valence-corrected chi connectivity index (χ1v) is 6.04. The molecule has 1 aromatic rings. The Morgan fingerprint density at radius 2 is 1.75 bits per heavy atom. The largest absolute Gasteiger partial charge is 0.493 e. The fourth-order valence-corrected chi connectivity index (χ4v) is 1.34. The second-order valence-corrected chi connectivity index (χ2v) is 3.66. The maximum Gasteiger partial charge on any atom is 0.137 e. The van der Waals surface area contributed by atoms with Crippen LogP contribution in [-0.2, 0) is 0 Å². The summed E-state index contributed by atoms with van der Waals surface area (Å²) < 4.78 is 11.2. The van der Waals surface area contributed by atoms with Gasteiger partial charge in [0.2, 0.25) is 0 Å². The topological polar surface area (TPSA) is 35.1 Å². The molecule has 0 heterocycles. The number of hydrogen-bond donors (Lipinski definition) is 1. The average Bonchev–Trinajstić information content (AvgIpc) is 2.33. The minimum absolute atomic E-state index is 0.741. The van der Waals surface area contributed by atoms with E-state index in [-0.39, 0.29) is 0 Å². The first-order valence-electron chi connectivity index (χ1n) is 6.04. The van der Waals surface area contributed by atoms with Crippen LogP contribution in [0.3, 0.4) is 0 Å². The first kappa shape index (κ1) is 12.8. The molecule has 16 heavy (non-hydrogen) atoms. The van der Waals surface area contributed by atoms with Gasteiger partial charge in [-0.25, -0.2) is 0 Å². The zero-order valence-electron chi connectivity index (χ0n) is 10.2. The molecule has 0 amide bonds. The van der Waals surface area contributed by atoms with E-state index >= 15 is 0 Å². The van der Waals surface area contributed by atoms with E-state index in [1.165, 1.54) is 0 Å². The molecule has 0 aliphatic heterocycles. The molecule has 3 heteroatoms. The lowest BCUT2D eigenvalue weighted by atomic mass is 10.3. The normalized spacial score (nSPS) is 10.1. The Hall–Kier alpha value is -1.22. The molecule has 90 valence electrons. The average molecular weight is 224 g/mol. The van der Waals surface area contributed by atoms with Crippen molar-refractivity contribution < 1.29 is 14.8 Å². The molecule has 0 radical (unpaired) electrons. The molecular weight excluding hydrogens is 202 g/mol. The number of ether oxygens (including phenoxy) is 2. The van der Waals surface area contributed by atoms with E-state index in [1.807, 2.05) is 24.3 Å². The molecule has 1 rings (SSSR count). The van der Waals surface area contributed by atoms with Gasteiger partial charge in [-0.1, -0.05) is 13.0 Å². The molecule has 0 saturated carbocycles. The van der Waals surface area contributed by atoms with Crippen molar-refractivity contribution in [1.82, 2.24) is 0 Å². The Morgan fingerprint density at radius 1 is 1.06 bits per heavy atom. The highest BCUT2D eigenvalue weighted by Gasteiger charge is 1.97. The van der Waals surface area contributed by atoms with Gasteiger partial charge >= 0.3 is 0 Å². The van der Waals surface area contributed by atoms with Gasteiger partial charge in [0.15, 0.2) is 0 Å². The van der Waals surface area contributed by atoms with Gasteiger partial charge < -0.3 is 14.8 Å². The number of nitrogens with two attached hydrogens (primary N) is 1. The van der Waals surface area contributed by atoms with Gasteiger partial charge in [-0.2, -0.15) is 0 Å². The van der Waals surface area contributed by atoms with Crippen molar-refractivity contribution in [1.29, 1.82) is 0 Å². The highest BCUT2D eigenvalue weighted by Crippen LogP contribution is 2.19. The van der Waals surface area contributed by atoms with E-state index in [0.717, 1.165) is 44.2 Å². The Kier molecular flexibility index (Phi) is 6.42. The minimum Gasteiger partial charge on any atom is -0.493 e. The maximum atomic E-state index is 5.62. The molecule has 0 bridgehead atoms. The van der Waals surface area contributed by atoms with Crippen molar-refractivity contribution in [2.45, 2.75) is 20.3 Å². The fourth-order valence-electron chi connectivity index (χ4n) is 1.34. The van der Waals surface area contributed by atoms with Crippen LogP contribution in [0.1, 0.15) is 20.3 Å². The number of benzene rings is 1. The molecule has 0 saturated heterocycles. The molecule has 0 aliphatic rings. The molecule has 0 fully saturated rings. The summed E-state index contributed by atoms with van der Waals surface area (Å²) in [6.45, 7) is 7.83. The van der Waals surface area contributed by atoms with Crippen LogP contribution in [0, 0.1) is 0 Å². The van der Waals surface area contributed by atoms with Crippen LogP contribution in [-0.4, -0.2) is 26.3 Å². The van der Waals surface area contributed by atoms with Crippen LogP contribution in [0.25, 0.3) is 0 Å². The third kappa shape index (κ3) is 5.03. The summed E-state index contributed by atoms with van der Waals surface area (Å²) in [6.07, 6.45) is 1.02. The summed E-state index contributed by atoms with van der Waals surface area (Å²) in [6, 6.07) is 7.83. The molecule has 0 aliphatic carbocycles. The summed E-state index contributed by atoms with van der Waals surface area (Å²) in [5.74, 6) is 1.77. The van der Waals surface area contributed by atoms with Gasteiger partial charge in [0.05, 0.1) is 13.2 Å².